The quantitative estimate of drug-likeness (QED) is 0.947. The molecular weight excluding hydrogens is 288 g/mol. The summed E-state index contributed by atoms with van der Waals surface area (Å²) >= 11 is 0. The van der Waals surface area contributed by atoms with Gasteiger partial charge in [-0.25, -0.2) is 8.42 Å². The van der Waals surface area contributed by atoms with Gasteiger partial charge in [-0.3, -0.25) is 0 Å². The van der Waals surface area contributed by atoms with Gasteiger partial charge in [-0.15, -0.1) is 0 Å². The fourth-order valence-corrected chi connectivity index (χ4v) is 3.94. The van der Waals surface area contributed by atoms with Crippen molar-refractivity contribution in [3.05, 3.63) is 59.0 Å². The normalized spacial score (nSPS) is 15.4. The molecule has 2 aromatic rings. The van der Waals surface area contributed by atoms with Crippen molar-refractivity contribution in [3.8, 4) is 11.5 Å². The highest BCUT2D eigenvalue weighted by atomic mass is 32.2. The van der Waals surface area contributed by atoms with Crippen LogP contribution in [0, 0.1) is 6.92 Å². The van der Waals surface area contributed by atoms with Gasteiger partial charge in [0.05, 0.1) is 4.90 Å². The number of hydrogen-bond donors (Lipinski definition) is 1. The molecule has 0 aliphatic carbocycles. The third-order valence-corrected chi connectivity index (χ3v) is 4.94. The van der Waals surface area contributed by atoms with Crippen molar-refractivity contribution in [1.29, 1.82) is 0 Å². The number of phenols is 1. The first-order valence-electron chi connectivity index (χ1n) is 6.45. The maximum Gasteiger partial charge on any atom is 0.200 e. The van der Waals surface area contributed by atoms with E-state index in [2.05, 4.69) is 0 Å². The van der Waals surface area contributed by atoms with Gasteiger partial charge in [0.25, 0.3) is 0 Å². The van der Waals surface area contributed by atoms with Crippen LogP contribution in [0.1, 0.15) is 11.1 Å². The number of sulfone groups is 1. The van der Waals surface area contributed by atoms with Crippen LogP contribution >= 0.6 is 0 Å². The van der Waals surface area contributed by atoms with E-state index in [0.717, 1.165) is 11.1 Å². The van der Waals surface area contributed by atoms with Crippen LogP contribution in [-0.4, -0.2) is 20.1 Å². The summed E-state index contributed by atoms with van der Waals surface area (Å²) in [6, 6.07) is 11.6. The lowest BCUT2D eigenvalue weighted by molar-refractivity contribution is 0.368. The van der Waals surface area contributed by atoms with Crippen molar-refractivity contribution >= 4 is 15.4 Å². The van der Waals surface area contributed by atoms with Crippen LogP contribution in [0.15, 0.2) is 52.8 Å². The summed E-state index contributed by atoms with van der Waals surface area (Å²) in [4.78, 5) is 0.340. The second kappa shape index (κ2) is 4.93. The number of fused-ring (bicyclic) bond motifs is 1. The molecule has 4 nitrogen and oxygen atoms in total. The van der Waals surface area contributed by atoms with Crippen LogP contribution in [0.4, 0.5) is 0 Å². The number of hydrogen-bond acceptors (Lipinski definition) is 4. The molecule has 1 N–H and O–H groups in total. The Bertz CT molecular complexity index is 818. The van der Waals surface area contributed by atoms with Crippen LogP contribution < -0.4 is 4.74 Å². The molecule has 108 valence electrons. The fraction of sp³-hybridized carbons (Fsp3) is 0.125. The van der Waals surface area contributed by atoms with E-state index >= 15 is 0 Å². The molecule has 0 bridgehead atoms. The molecule has 2 aromatic carbocycles. The third-order valence-electron chi connectivity index (χ3n) is 3.39. The van der Waals surface area contributed by atoms with Crippen molar-refractivity contribution in [1.82, 2.24) is 0 Å². The minimum absolute atomic E-state index is 0.159. The Labute approximate surface area is 123 Å². The topological polar surface area (TPSA) is 63.6 Å². The molecule has 1 aliphatic rings. The first-order valence-corrected chi connectivity index (χ1v) is 7.99. The SMILES string of the molecule is Cc1cccc2c1C(COc1ccc(O)cc1)=CS2(=O)=O. The lowest BCUT2D eigenvalue weighted by Gasteiger charge is -2.10. The Morgan fingerprint density at radius 3 is 2.52 bits per heavy atom. The van der Waals surface area contributed by atoms with Gasteiger partial charge in [-0.05, 0) is 42.8 Å². The zero-order valence-corrected chi connectivity index (χ0v) is 12.2. The zero-order valence-electron chi connectivity index (χ0n) is 11.4. The highest BCUT2D eigenvalue weighted by Gasteiger charge is 2.28. The van der Waals surface area contributed by atoms with E-state index in [1.807, 2.05) is 13.0 Å². The second-order valence-electron chi connectivity index (χ2n) is 4.92. The van der Waals surface area contributed by atoms with Gasteiger partial charge in [-0.2, -0.15) is 0 Å². The van der Waals surface area contributed by atoms with Crippen molar-refractivity contribution in [2.24, 2.45) is 0 Å². The number of phenolic OH excluding ortho intramolecular Hbond substituents is 1. The molecule has 0 spiro atoms. The van der Waals surface area contributed by atoms with Crippen molar-refractivity contribution < 1.29 is 18.3 Å². The molecule has 0 atom stereocenters. The molecular formula is C16H14O4S. The molecule has 0 unspecified atom stereocenters. The molecule has 21 heavy (non-hydrogen) atoms. The monoisotopic (exact) mass is 302 g/mol. The standard InChI is InChI=1S/C16H14O4S/c1-11-3-2-4-15-16(11)12(10-21(15,18)19)9-20-14-7-5-13(17)6-8-14/h2-8,10,17H,9H2,1H3. The largest absolute Gasteiger partial charge is 0.508 e. The second-order valence-corrected chi connectivity index (χ2v) is 6.68. The van der Waals surface area contributed by atoms with Gasteiger partial charge in [0.15, 0.2) is 0 Å². The predicted octanol–water partition coefficient (Wildman–Crippen LogP) is 2.91. The first kappa shape index (κ1) is 13.7. The lowest BCUT2D eigenvalue weighted by atomic mass is 10.0. The Hall–Kier alpha value is -2.27. The van der Waals surface area contributed by atoms with Crippen LogP contribution in [-0.2, 0) is 9.84 Å². The average molecular weight is 302 g/mol. The molecule has 0 amide bonds. The maximum atomic E-state index is 12.1. The van der Waals surface area contributed by atoms with Crippen molar-refractivity contribution in [2.75, 3.05) is 6.61 Å². The number of rotatable bonds is 3. The molecule has 0 radical (unpaired) electrons. The third kappa shape index (κ3) is 2.52. The zero-order chi connectivity index (χ0) is 15.0. The summed E-state index contributed by atoms with van der Waals surface area (Å²) in [5.74, 6) is 0.735. The number of aryl methyl sites for hydroxylation is 1. The molecule has 0 saturated heterocycles. The Kier molecular flexibility index (Phi) is 3.22. The summed E-state index contributed by atoms with van der Waals surface area (Å²) in [5, 5.41) is 10.5. The van der Waals surface area contributed by atoms with Gasteiger partial charge < -0.3 is 9.84 Å². The van der Waals surface area contributed by atoms with Gasteiger partial charge in [0.2, 0.25) is 9.84 Å². The maximum absolute atomic E-state index is 12.1. The van der Waals surface area contributed by atoms with Crippen LogP contribution in [0.5, 0.6) is 11.5 Å². The lowest BCUT2D eigenvalue weighted by Crippen LogP contribution is -2.01. The summed E-state index contributed by atoms with van der Waals surface area (Å²) in [7, 11) is -3.37. The van der Waals surface area contributed by atoms with E-state index in [1.165, 1.54) is 17.5 Å². The van der Waals surface area contributed by atoms with Crippen LogP contribution in [0.25, 0.3) is 5.57 Å². The van der Waals surface area contributed by atoms with E-state index in [9.17, 15) is 13.5 Å². The van der Waals surface area contributed by atoms with Gasteiger partial charge >= 0.3 is 0 Å². The van der Waals surface area contributed by atoms with E-state index in [0.29, 0.717) is 16.2 Å². The molecule has 0 aromatic heterocycles. The molecule has 0 saturated carbocycles. The summed E-state index contributed by atoms with van der Waals surface area (Å²) in [6.07, 6.45) is 0. The fourth-order valence-electron chi connectivity index (χ4n) is 2.41. The number of ether oxygens (including phenoxy) is 1. The minimum atomic E-state index is -3.37. The Morgan fingerprint density at radius 2 is 1.81 bits per heavy atom. The van der Waals surface area contributed by atoms with Crippen LogP contribution in [0.2, 0.25) is 0 Å². The summed E-state index contributed by atoms with van der Waals surface area (Å²) in [6.45, 7) is 2.05. The van der Waals surface area contributed by atoms with E-state index < -0.39 is 9.84 Å². The van der Waals surface area contributed by atoms with Gasteiger partial charge in [-0.1, -0.05) is 12.1 Å². The van der Waals surface area contributed by atoms with E-state index in [-0.39, 0.29) is 12.4 Å². The Morgan fingerprint density at radius 1 is 1.10 bits per heavy atom. The average Bonchev–Trinajstić information content (AvgIpc) is 2.71. The van der Waals surface area contributed by atoms with E-state index in [4.69, 9.17) is 4.74 Å². The smallest absolute Gasteiger partial charge is 0.200 e. The highest BCUT2D eigenvalue weighted by molar-refractivity contribution is 7.95. The molecule has 1 heterocycles. The molecule has 0 fully saturated rings. The van der Waals surface area contributed by atoms with E-state index in [1.54, 1.807) is 24.3 Å². The molecule has 3 rings (SSSR count). The van der Waals surface area contributed by atoms with Gasteiger partial charge in [0.1, 0.15) is 18.1 Å². The first-order chi connectivity index (χ1) is 9.97. The molecule has 1 aliphatic heterocycles. The number of aromatic hydroxyl groups is 1. The molecule has 5 heteroatoms. The summed E-state index contributed by atoms with van der Waals surface area (Å²) in [5.41, 5.74) is 2.29. The summed E-state index contributed by atoms with van der Waals surface area (Å²) < 4.78 is 29.8. The predicted molar refractivity (Wildman–Crippen MR) is 79.9 cm³/mol. The van der Waals surface area contributed by atoms with Crippen LogP contribution in [0.3, 0.4) is 0 Å². The highest BCUT2D eigenvalue weighted by Crippen LogP contribution is 2.35. The Balaban J connectivity index is 1.89. The number of benzene rings is 2. The van der Waals surface area contributed by atoms with Gasteiger partial charge in [0, 0.05) is 16.5 Å². The minimum Gasteiger partial charge on any atom is -0.508 e. The van der Waals surface area contributed by atoms with Crippen molar-refractivity contribution in [2.45, 2.75) is 11.8 Å². The van der Waals surface area contributed by atoms with Crippen molar-refractivity contribution in [3.63, 3.8) is 0 Å².